The molecule has 56 heavy (non-hydrogen) atoms. The minimum Gasteiger partial charge on any atom is -0.462 e. The van der Waals surface area contributed by atoms with Gasteiger partial charge in [-0.05, 0) is 83.5 Å². The number of unbranched alkanes of at least 4 members (excludes halogenated alkanes) is 8. The van der Waals surface area contributed by atoms with E-state index >= 15 is 0 Å². The van der Waals surface area contributed by atoms with E-state index in [4.69, 9.17) is 29.0 Å². The van der Waals surface area contributed by atoms with Gasteiger partial charge in [-0.2, -0.15) is 0 Å². The van der Waals surface area contributed by atoms with Gasteiger partial charge in [0.1, 0.15) is 6.61 Å². The number of hydrogen-bond acceptors (Lipinski definition) is 9. The molecule has 3 unspecified atom stereocenters. The van der Waals surface area contributed by atoms with Crippen LogP contribution in [-0.2, 0) is 37.4 Å². The van der Waals surface area contributed by atoms with Crippen LogP contribution in [-0.4, -0.2) is 61.5 Å². The fourth-order valence-corrected chi connectivity index (χ4v) is 6.20. The van der Waals surface area contributed by atoms with Gasteiger partial charge in [0.25, 0.3) is 0 Å². The number of ether oxygens (including phenoxy) is 3. The summed E-state index contributed by atoms with van der Waals surface area (Å²) in [5, 5.41) is 0. The van der Waals surface area contributed by atoms with Crippen molar-refractivity contribution in [2.45, 2.75) is 161 Å². The number of epoxide rings is 1. The molecule has 0 amide bonds. The van der Waals surface area contributed by atoms with Gasteiger partial charge in [0.05, 0.1) is 25.4 Å². The Morgan fingerprint density at radius 1 is 0.643 bits per heavy atom. The van der Waals surface area contributed by atoms with Gasteiger partial charge in [0.2, 0.25) is 0 Å². The summed E-state index contributed by atoms with van der Waals surface area (Å²) in [7, 11) is -4.41. The molecule has 0 aliphatic carbocycles. The molecule has 0 aromatic carbocycles. The van der Waals surface area contributed by atoms with Gasteiger partial charge in [-0.1, -0.05) is 131 Å². The van der Waals surface area contributed by atoms with Crippen molar-refractivity contribution in [1.29, 1.82) is 0 Å². The number of phosphoric acid groups is 1. The second kappa shape index (κ2) is 36.5. The summed E-state index contributed by atoms with van der Waals surface area (Å²) < 4.78 is 38.3. The number of esters is 2. The average molecular weight is 804 g/mol. The maximum atomic E-state index is 12.6. The largest absolute Gasteiger partial charge is 0.472 e. The van der Waals surface area contributed by atoms with Crippen LogP contribution < -0.4 is 5.73 Å². The molecule has 1 rings (SSSR count). The Labute approximate surface area is 339 Å². The lowest BCUT2D eigenvalue weighted by atomic mass is 10.1. The summed E-state index contributed by atoms with van der Waals surface area (Å²) in [6.07, 6.45) is 48.1. The quantitative estimate of drug-likeness (QED) is 0.0204. The first-order valence-corrected chi connectivity index (χ1v) is 22.7. The Morgan fingerprint density at radius 3 is 1.79 bits per heavy atom. The molecule has 318 valence electrons. The van der Waals surface area contributed by atoms with Crippen molar-refractivity contribution in [3.05, 3.63) is 85.1 Å². The maximum Gasteiger partial charge on any atom is 0.472 e. The van der Waals surface area contributed by atoms with Crippen molar-refractivity contribution in [2.75, 3.05) is 26.4 Å². The van der Waals surface area contributed by atoms with E-state index in [0.29, 0.717) is 25.0 Å². The van der Waals surface area contributed by atoms with Crippen LogP contribution in [0.25, 0.3) is 0 Å². The summed E-state index contributed by atoms with van der Waals surface area (Å²) in [6, 6.07) is 0. The summed E-state index contributed by atoms with van der Waals surface area (Å²) >= 11 is 0. The molecule has 10 nitrogen and oxygen atoms in total. The van der Waals surface area contributed by atoms with E-state index in [9.17, 15) is 19.0 Å². The second-order valence-electron chi connectivity index (χ2n) is 13.9. The standard InChI is InChI=1S/C45H74NO9P/c1-3-5-7-8-9-10-11-12-13-14-18-21-24-27-31-35-44(47)51-39-41(40-53-56(49,50)52-38-37-46)54-45(48)36-32-28-25-22-19-16-15-17-20-23-26-30-34-43-42(55-43)33-29-6-4-2/h6,9-10,12-13,16-17,19-20,25-26,28-30,41-43H,3-5,7-8,11,14-15,18,21-24,27,31-40,46H2,1-2H3,(H,49,50)/b10-9-,13-12-,19-16-,20-17-,28-25-,29-6-,30-26-/t41-,42?,43?/m1/s1. The third kappa shape index (κ3) is 33.3. The van der Waals surface area contributed by atoms with Crippen LogP contribution in [0.3, 0.4) is 0 Å². The fourth-order valence-electron chi connectivity index (χ4n) is 5.44. The molecule has 0 spiro atoms. The Balaban J connectivity index is 2.26. The molecule has 1 aliphatic rings. The summed E-state index contributed by atoms with van der Waals surface area (Å²) in [4.78, 5) is 34.8. The fraction of sp³-hybridized carbons (Fsp3) is 0.644. The number of carbonyl (C=O) groups is 2. The van der Waals surface area contributed by atoms with Crippen molar-refractivity contribution >= 4 is 19.8 Å². The average Bonchev–Trinajstić information content (AvgIpc) is 3.94. The number of rotatable bonds is 37. The van der Waals surface area contributed by atoms with Gasteiger partial charge in [-0.3, -0.25) is 18.6 Å². The lowest BCUT2D eigenvalue weighted by Crippen LogP contribution is -2.29. The molecule has 4 atom stereocenters. The first-order chi connectivity index (χ1) is 27.3. The van der Waals surface area contributed by atoms with Crippen LogP contribution in [0.1, 0.15) is 142 Å². The SMILES string of the molecule is CC/C=C\CC1OC1C/C=C\C/C=C\C/C=C\C/C=C\CCC(=O)O[C@H](COC(=O)CCCCCCC/C=C\C/C=C\CCCCC)COP(=O)(O)OCCN. The molecule has 1 fully saturated rings. The molecule has 11 heteroatoms. The minimum atomic E-state index is -4.41. The topological polar surface area (TPSA) is 147 Å². The van der Waals surface area contributed by atoms with Crippen LogP contribution >= 0.6 is 7.82 Å². The van der Waals surface area contributed by atoms with E-state index in [0.717, 1.165) is 77.0 Å². The van der Waals surface area contributed by atoms with Crippen LogP contribution in [0.5, 0.6) is 0 Å². The van der Waals surface area contributed by atoms with Crippen LogP contribution in [0.2, 0.25) is 0 Å². The molecule has 0 bridgehead atoms. The summed E-state index contributed by atoms with van der Waals surface area (Å²) in [6.45, 7) is 3.45. The van der Waals surface area contributed by atoms with Crippen LogP contribution in [0, 0.1) is 0 Å². The number of hydrogen-bond donors (Lipinski definition) is 2. The van der Waals surface area contributed by atoms with Gasteiger partial charge in [0.15, 0.2) is 6.10 Å². The van der Waals surface area contributed by atoms with E-state index in [1.54, 1.807) is 0 Å². The lowest BCUT2D eigenvalue weighted by Gasteiger charge is -2.19. The molecule has 1 heterocycles. The van der Waals surface area contributed by atoms with Crippen LogP contribution in [0.4, 0.5) is 0 Å². The highest BCUT2D eigenvalue weighted by atomic mass is 31.2. The Morgan fingerprint density at radius 2 is 1.18 bits per heavy atom. The predicted octanol–water partition coefficient (Wildman–Crippen LogP) is 11.0. The Hall–Kier alpha value is -2.85. The molecule has 0 aromatic heterocycles. The number of phosphoric ester groups is 1. The van der Waals surface area contributed by atoms with E-state index in [2.05, 4.69) is 86.8 Å². The smallest absolute Gasteiger partial charge is 0.462 e. The van der Waals surface area contributed by atoms with Crippen molar-refractivity contribution in [1.82, 2.24) is 0 Å². The number of nitrogens with two attached hydrogens (primary N) is 1. The predicted molar refractivity (Wildman–Crippen MR) is 228 cm³/mol. The zero-order valence-electron chi connectivity index (χ0n) is 34.5. The molecule has 3 N–H and O–H groups in total. The molecular formula is C45H74NO9P. The summed E-state index contributed by atoms with van der Waals surface area (Å²) in [5.41, 5.74) is 5.34. The van der Waals surface area contributed by atoms with E-state index in [1.807, 2.05) is 12.2 Å². The normalized spacial score (nSPS) is 17.8. The van der Waals surface area contributed by atoms with Crippen molar-refractivity contribution < 1.29 is 42.3 Å². The number of carbonyl (C=O) groups excluding carboxylic acids is 2. The second-order valence-corrected chi connectivity index (χ2v) is 15.3. The van der Waals surface area contributed by atoms with Gasteiger partial charge in [-0.15, -0.1) is 0 Å². The molecule has 0 saturated carbocycles. The maximum absolute atomic E-state index is 12.6. The third-order valence-corrected chi connectivity index (χ3v) is 9.67. The monoisotopic (exact) mass is 804 g/mol. The minimum absolute atomic E-state index is 0.0335. The first-order valence-electron chi connectivity index (χ1n) is 21.2. The van der Waals surface area contributed by atoms with Crippen molar-refractivity contribution in [3.8, 4) is 0 Å². The Kier molecular flexibility index (Phi) is 33.3. The number of allylic oxidation sites excluding steroid dienone is 12. The summed E-state index contributed by atoms with van der Waals surface area (Å²) in [5.74, 6) is -0.956. The molecule has 0 aromatic rings. The van der Waals surface area contributed by atoms with E-state index in [1.165, 1.54) is 25.7 Å². The van der Waals surface area contributed by atoms with Crippen molar-refractivity contribution in [3.63, 3.8) is 0 Å². The lowest BCUT2D eigenvalue weighted by molar-refractivity contribution is -0.161. The highest BCUT2D eigenvalue weighted by Crippen LogP contribution is 2.43. The molecule has 1 aliphatic heterocycles. The first kappa shape index (κ1) is 51.2. The molecule has 0 radical (unpaired) electrons. The molecular weight excluding hydrogens is 729 g/mol. The van der Waals surface area contributed by atoms with E-state index in [-0.39, 0.29) is 32.6 Å². The molecule has 1 saturated heterocycles. The van der Waals surface area contributed by atoms with Gasteiger partial charge < -0.3 is 24.8 Å². The Bertz CT molecular complexity index is 1260. The zero-order valence-corrected chi connectivity index (χ0v) is 35.4. The van der Waals surface area contributed by atoms with Crippen molar-refractivity contribution in [2.24, 2.45) is 5.73 Å². The van der Waals surface area contributed by atoms with Gasteiger partial charge >= 0.3 is 19.8 Å². The van der Waals surface area contributed by atoms with Gasteiger partial charge in [-0.25, -0.2) is 4.57 Å². The third-order valence-electron chi connectivity index (χ3n) is 8.68. The highest BCUT2D eigenvalue weighted by Gasteiger charge is 2.36. The van der Waals surface area contributed by atoms with E-state index < -0.39 is 32.5 Å². The van der Waals surface area contributed by atoms with Gasteiger partial charge in [0, 0.05) is 19.4 Å². The zero-order chi connectivity index (χ0) is 40.8. The van der Waals surface area contributed by atoms with Crippen LogP contribution in [0.15, 0.2) is 85.1 Å². The highest BCUT2D eigenvalue weighted by molar-refractivity contribution is 7.47.